The average molecular weight is 246 g/mol. The molecule has 0 amide bonds. The molecule has 0 saturated carbocycles. The maximum Gasteiger partial charge on any atom is 0.0221 e. The number of aryl methyl sites for hydroxylation is 1. The monoisotopic (exact) mass is 246 g/mol. The molecule has 0 radical (unpaired) electrons. The molecule has 1 aliphatic heterocycles. The van der Waals surface area contributed by atoms with Gasteiger partial charge in [-0.1, -0.05) is 43.7 Å². The van der Waals surface area contributed by atoms with Crippen LogP contribution in [0, 0.1) is 0 Å². The van der Waals surface area contributed by atoms with Gasteiger partial charge in [0.05, 0.1) is 0 Å². The molecule has 2 rings (SSSR count). The zero-order valence-corrected chi connectivity index (χ0v) is 11.6. The minimum absolute atomic E-state index is 0.763. The highest BCUT2D eigenvalue weighted by Gasteiger charge is 2.20. The van der Waals surface area contributed by atoms with E-state index in [1.165, 1.54) is 50.9 Å². The van der Waals surface area contributed by atoms with Crippen molar-refractivity contribution in [1.82, 2.24) is 10.2 Å². The van der Waals surface area contributed by atoms with Crippen LogP contribution in [0.15, 0.2) is 30.3 Å². The second kappa shape index (κ2) is 7.55. The Bertz CT molecular complexity index is 321. The molecular formula is C16H26N2. The fraction of sp³-hybridized carbons (Fsp3) is 0.625. The number of hydrogen-bond donors (Lipinski definition) is 1. The summed E-state index contributed by atoms with van der Waals surface area (Å²) in [5.74, 6) is 0. The van der Waals surface area contributed by atoms with Gasteiger partial charge in [-0.25, -0.2) is 0 Å². The summed E-state index contributed by atoms with van der Waals surface area (Å²) < 4.78 is 0. The number of nitrogens with one attached hydrogen (secondary N) is 1. The molecule has 0 bridgehead atoms. The topological polar surface area (TPSA) is 15.3 Å². The Hall–Kier alpha value is -0.860. The van der Waals surface area contributed by atoms with Crippen molar-refractivity contribution in [2.45, 2.75) is 38.6 Å². The van der Waals surface area contributed by atoms with Crippen LogP contribution < -0.4 is 5.32 Å². The van der Waals surface area contributed by atoms with Gasteiger partial charge in [0.1, 0.15) is 0 Å². The Morgan fingerprint density at radius 1 is 1.28 bits per heavy atom. The fourth-order valence-electron chi connectivity index (χ4n) is 2.85. The van der Waals surface area contributed by atoms with Crippen molar-refractivity contribution in [3.05, 3.63) is 35.9 Å². The van der Waals surface area contributed by atoms with Crippen LogP contribution in [0.5, 0.6) is 0 Å². The molecule has 100 valence electrons. The molecule has 1 aromatic rings. The third kappa shape index (κ3) is 4.11. The highest BCUT2D eigenvalue weighted by molar-refractivity contribution is 5.14. The zero-order chi connectivity index (χ0) is 12.6. The third-order valence-corrected chi connectivity index (χ3v) is 3.85. The third-order valence-electron chi connectivity index (χ3n) is 3.85. The molecule has 1 aliphatic rings. The van der Waals surface area contributed by atoms with Gasteiger partial charge in [0.25, 0.3) is 0 Å². The van der Waals surface area contributed by atoms with Crippen molar-refractivity contribution >= 4 is 0 Å². The molecule has 1 heterocycles. The lowest BCUT2D eigenvalue weighted by Crippen LogP contribution is -2.51. The van der Waals surface area contributed by atoms with E-state index in [9.17, 15) is 0 Å². The highest BCUT2D eigenvalue weighted by Crippen LogP contribution is 2.11. The fourth-order valence-corrected chi connectivity index (χ4v) is 2.85. The Morgan fingerprint density at radius 3 is 2.89 bits per heavy atom. The summed E-state index contributed by atoms with van der Waals surface area (Å²) in [5.41, 5.74) is 1.47. The van der Waals surface area contributed by atoms with Crippen LogP contribution in [0.1, 0.15) is 31.7 Å². The predicted octanol–water partition coefficient (Wildman–Crippen LogP) is 2.69. The summed E-state index contributed by atoms with van der Waals surface area (Å²) in [5, 5.41) is 3.52. The first-order chi connectivity index (χ1) is 8.90. The second-order valence-corrected chi connectivity index (χ2v) is 5.27. The molecule has 2 nitrogen and oxygen atoms in total. The van der Waals surface area contributed by atoms with Crippen LogP contribution in [0.2, 0.25) is 0 Å². The van der Waals surface area contributed by atoms with Crippen LogP contribution >= 0.6 is 0 Å². The molecule has 1 atom stereocenters. The van der Waals surface area contributed by atoms with Crippen molar-refractivity contribution in [2.75, 3.05) is 26.2 Å². The van der Waals surface area contributed by atoms with E-state index in [4.69, 9.17) is 0 Å². The first-order valence-electron chi connectivity index (χ1n) is 7.39. The zero-order valence-electron chi connectivity index (χ0n) is 11.6. The Labute approximate surface area is 111 Å². The summed E-state index contributed by atoms with van der Waals surface area (Å²) in [6.45, 7) is 7.10. The molecule has 1 saturated heterocycles. The standard InChI is InChI=1S/C16H26N2/c1-2-7-16-14-17-11-13-18(16)12-6-10-15-8-4-3-5-9-15/h3-5,8-9,16-17H,2,6-7,10-14H2,1H3. The lowest BCUT2D eigenvalue weighted by atomic mass is 10.1. The van der Waals surface area contributed by atoms with Crippen LogP contribution in [0.3, 0.4) is 0 Å². The average Bonchev–Trinajstić information content (AvgIpc) is 2.42. The van der Waals surface area contributed by atoms with Gasteiger partial charge < -0.3 is 5.32 Å². The van der Waals surface area contributed by atoms with E-state index in [0.717, 1.165) is 12.6 Å². The molecule has 18 heavy (non-hydrogen) atoms. The quantitative estimate of drug-likeness (QED) is 0.830. The SMILES string of the molecule is CCCC1CNCCN1CCCc1ccccc1. The molecule has 0 aromatic heterocycles. The minimum atomic E-state index is 0.763. The van der Waals surface area contributed by atoms with Crippen molar-refractivity contribution in [2.24, 2.45) is 0 Å². The van der Waals surface area contributed by atoms with E-state index >= 15 is 0 Å². The normalized spacial score (nSPS) is 21.1. The van der Waals surface area contributed by atoms with Crippen LogP contribution in [0.25, 0.3) is 0 Å². The van der Waals surface area contributed by atoms with Crippen molar-refractivity contribution < 1.29 is 0 Å². The van der Waals surface area contributed by atoms with E-state index < -0.39 is 0 Å². The predicted molar refractivity (Wildman–Crippen MR) is 77.9 cm³/mol. The molecule has 0 spiro atoms. The molecule has 2 heteroatoms. The maximum atomic E-state index is 3.52. The largest absolute Gasteiger partial charge is 0.314 e. The van der Waals surface area contributed by atoms with Gasteiger partial charge in [-0.2, -0.15) is 0 Å². The molecule has 0 aliphatic carbocycles. The van der Waals surface area contributed by atoms with Gasteiger partial charge in [0.15, 0.2) is 0 Å². The summed E-state index contributed by atoms with van der Waals surface area (Å²) >= 11 is 0. The van der Waals surface area contributed by atoms with Gasteiger partial charge in [-0.05, 0) is 31.4 Å². The van der Waals surface area contributed by atoms with Gasteiger partial charge in [-0.3, -0.25) is 4.90 Å². The maximum absolute atomic E-state index is 3.52. The van der Waals surface area contributed by atoms with Crippen LogP contribution in [0.4, 0.5) is 0 Å². The molecule has 1 N–H and O–H groups in total. The van der Waals surface area contributed by atoms with Crippen LogP contribution in [-0.4, -0.2) is 37.1 Å². The van der Waals surface area contributed by atoms with E-state index in [1.54, 1.807) is 0 Å². The van der Waals surface area contributed by atoms with Gasteiger partial charge in [-0.15, -0.1) is 0 Å². The Morgan fingerprint density at radius 2 is 2.11 bits per heavy atom. The first-order valence-corrected chi connectivity index (χ1v) is 7.39. The van der Waals surface area contributed by atoms with E-state index in [2.05, 4.69) is 47.5 Å². The summed E-state index contributed by atoms with van der Waals surface area (Å²) in [6.07, 6.45) is 5.12. The van der Waals surface area contributed by atoms with Gasteiger partial charge in [0, 0.05) is 25.7 Å². The first kappa shape index (κ1) is 13.6. The number of nitrogens with zero attached hydrogens (tertiary/aromatic N) is 1. The van der Waals surface area contributed by atoms with E-state index in [0.29, 0.717) is 0 Å². The van der Waals surface area contributed by atoms with Gasteiger partial charge in [0.2, 0.25) is 0 Å². The summed E-state index contributed by atoms with van der Waals surface area (Å²) in [7, 11) is 0. The summed E-state index contributed by atoms with van der Waals surface area (Å²) in [6, 6.07) is 11.6. The Kier molecular flexibility index (Phi) is 5.69. The van der Waals surface area contributed by atoms with Crippen LogP contribution in [-0.2, 0) is 6.42 Å². The molecule has 1 aromatic carbocycles. The highest BCUT2D eigenvalue weighted by atomic mass is 15.2. The lowest BCUT2D eigenvalue weighted by Gasteiger charge is -2.36. The van der Waals surface area contributed by atoms with Crippen molar-refractivity contribution in [3.8, 4) is 0 Å². The number of hydrogen-bond acceptors (Lipinski definition) is 2. The van der Waals surface area contributed by atoms with E-state index in [-0.39, 0.29) is 0 Å². The lowest BCUT2D eigenvalue weighted by molar-refractivity contribution is 0.151. The Balaban J connectivity index is 1.74. The molecule has 1 fully saturated rings. The smallest absolute Gasteiger partial charge is 0.0221 e. The van der Waals surface area contributed by atoms with Crippen molar-refractivity contribution in [1.29, 1.82) is 0 Å². The summed E-state index contributed by atoms with van der Waals surface area (Å²) in [4.78, 5) is 2.68. The van der Waals surface area contributed by atoms with Gasteiger partial charge >= 0.3 is 0 Å². The number of piperazine rings is 1. The number of rotatable bonds is 6. The minimum Gasteiger partial charge on any atom is -0.314 e. The molecular weight excluding hydrogens is 220 g/mol. The van der Waals surface area contributed by atoms with E-state index in [1.807, 2.05) is 0 Å². The molecule has 1 unspecified atom stereocenters. The number of benzene rings is 1. The second-order valence-electron chi connectivity index (χ2n) is 5.27. The van der Waals surface area contributed by atoms with Crippen molar-refractivity contribution in [3.63, 3.8) is 0 Å².